The molecule has 0 amide bonds. The van der Waals surface area contributed by atoms with Gasteiger partial charge >= 0.3 is 5.97 Å². The lowest BCUT2D eigenvalue weighted by atomic mass is 10.0. The van der Waals surface area contributed by atoms with Crippen molar-refractivity contribution in [1.82, 2.24) is 0 Å². The molecule has 0 saturated carbocycles. The van der Waals surface area contributed by atoms with Gasteiger partial charge in [0, 0.05) is 5.39 Å². The highest BCUT2D eigenvalue weighted by atomic mass is 35.5. The zero-order valence-electron chi connectivity index (χ0n) is 13.4. The minimum Gasteiger partial charge on any atom is -0.505 e. The molecule has 0 radical (unpaired) electrons. The quantitative estimate of drug-likeness (QED) is 0.429. The van der Waals surface area contributed by atoms with Crippen molar-refractivity contribution < 1.29 is 28.0 Å². The topological polar surface area (TPSA) is 137 Å². The van der Waals surface area contributed by atoms with Gasteiger partial charge in [-0.1, -0.05) is 35.9 Å². The van der Waals surface area contributed by atoms with Gasteiger partial charge in [0.15, 0.2) is 5.75 Å². The highest BCUT2D eigenvalue weighted by Crippen LogP contribution is 2.39. The van der Waals surface area contributed by atoms with E-state index >= 15 is 0 Å². The number of hydrogen-bond acceptors (Lipinski definition) is 6. The summed E-state index contributed by atoms with van der Waals surface area (Å²) >= 11 is 5.82. The summed E-state index contributed by atoms with van der Waals surface area (Å²) in [7, 11) is -4.48. The monoisotopic (exact) mass is 406 g/mol. The second-order valence-corrected chi connectivity index (χ2v) is 7.23. The van der Waals surface area contributed by atoms with Crippen LogP contribution in [0.3, 0.4) is 0 Å². The summed E-state index contributed by atoms with van der Waals surface area (Å²) < 4.78 is 31.4. The molecule has 27 heavy (non-hydrogen) atoms. The van der Waals surface area contributed by atoms with E-state index in [1.165, 1.54) is 12.1 Å². The fraction of sp³-hybridized carbons (Fsp3) is 0. The number of carboxylic acids is 1. The molecule has 0 bridgehead atoms. The number of aromatic hydroxyl groups is 1. The smallest absolute Gasteiger partial charge is 0.339 e. The minimum absolute atomic E-state index is 0.0551. The van der Waals surface area contributed by atoms with Gasteiger partial charge in [0.2, 0.25) is 0 Å². The number of azo groups is 1. The van der Waals surface area contributed by atoms with Gasteiger partial charge in [0.05, 0.1) is 10.7 Å². The van der Waals surface area contributed by atoms with Crippen molar-refractivity contribution >= 4 is 49.8 Å². The Morgan fingerprint density at radius 2 is 1.74 bits per heavy atom. The average Bonchev–Trinajstić information content (AvgIpc) is 2.59. The first-order valence-corrected chi connectivity index (χ1v) is 9.17. The van der Waals surface area contributed by atoms with Crippen molar-refractivity contribution in [3.8, 4) is 5.75 Å². The van der Waals surface area contributed by atoms with Crippen molar-refractivity contribution in [2.75, 3.05) is 0 Å². The van der Waals surface area contributed by atoms with Crippen LogP contribution in [-0.2, 0) is 10.1 Å². The molecule has 3 N–H and O–H groups in total. The minimum atomic E-state index is -4.48. The summed E-state index contributed by atoms with van der Waals surface area (Å²) in [6.45, 7) is 0. The zero-order valence-corrected chi connectivity index (χ0v) is 14.9. The van der Waals surface area contributed by atoms with Crippen LogP contribution < -0.4 is 0 Å². The molecule has 0 fully saturated rings. The van der Waals surface area contributed by atoms with Crippen LogP contribution in [-0.4, -0.2) is 29.2 Å². The first-order chi connectivity index (χ1) is 12.7. The molecular weight excluding hydrogens is 396 g/mol. The maximum atomic E-state index is 11.3. The third-order valence-electron chi connectivity index (χ3n) is 3.68. The number of carboxylic acid groups (broad SMARTS) is 1. The number of hydrogen-bond donors (Lipinski definition) is 3. The van der Waals surface area contributed by atoms with Gasteiger partial charge < -0.3 is 10.2 Å². The Hall–Kier alpha value is -3.01. The number of fused-ring (bicyclic) bond motifs is 1. The molecule has 138 valence electrons. The molecule has 0 saturated heterocycles. The lowest BCUT2D eigenvalue weighted by Crippen LogP contribution is -1.98. The third-order valence-corrected chi connectivity index (χ3v) is 5.02. The molecule has 0 aliphatic rings. The number of aromatic carboxylic acids is 1. The van der Waals surface area contributed by atoms with Gasteiger partial charge in [-0.05, 0) is 29.7 Å². The van der Waals surface area contributed by atoms with E-state index in [1.807, 2.05) is 0 Å². The van der Waals surface area contributed by atoms with E-state index in [-0.39, 0.29) is 22.0 Å². The van der Waals surface area contributed by atoms with Crippen LogP contribution in [0.2, 0.25) is 5.02 Å². The Morgan fingerprint density at radius 1 is 1.04 bits per heavy atom. The molecule has 3 rings (SSSR count). The molecule has 3 aromatic rings. The van der Waals surface area contributed by atoms with Crippen molar-refractivity contribution in [2.24, 2.45) is 10.2 Å². The van der Waals surface area contributed by atoms with Crippen LogP contribution in [0.1, 0.15) is 10.4 Å². The highest BCUT2D eigenvalue weighted by Gasteiger charge is 2.18. The molecule has 0 aliphatic carbocycles. The zero-order chi connectivity index (χ0) is 19.8. The second-order valence-electron chi connectivity index (χ2n) is 5.44. The maximum Gasteiger partial charge on any atom is 0.339 e. The fourth-order valence-electron chi connectivity index (χ4n) is 2.45. The van der Waals surface area contributed by atoms with Crippen molar-refractivity contribution in [1.29, 1.82) is 0 Å². The molecule has 0 unspecified atom stereocenters. The molecule has 3 aromatic carbocycles. The van der Waals surface area contributed by atoms with Crippen molar-refractivity contribution in [2.45, 2.75) is 4.90 Å². The van der Waals surface area contributed by atoms with E-state index in [4.69, 9.17) is 16.2 Å². The standard InChI is InChI=1S/C17H11ClN2O6S/c18-13-8-10(5-6-14(13)27(24,25)26)19-20-15-11-4-2-1-3-9(11)7-12(16(15)21)17(22)23/h1-8,21H,(H,22,23)(H,24,25,26). The van der Waals surface area contributed by atoms with Gasteiger partial charge in [-0.25, -0.2) is 4.79 Å². The van der Waals surface area contributed by atoms with E-state index in [9.17, 15) is 23.4 Å². The van der Waals surface area contributed by atoms with Crippen LogP contribution in [0.4, 0.5) is 11.4 Å². The summed E-state index contributed by atoms with van der Waals surface area (Å²) in [5.41, 5.74) is -0.250. The summed E-state index contributed by atoms with van der Waals surface area (Å²) in [6.07, 6.45) is 0. The molecule has 0 heterocycles. The van der Waals surface area contributed by atoms with Gasteiger partial charge in [0.1, 0.15) is 16.1 Å². The van der Waals surface area contributed by atoms with Crippen LogP contribution >= 0.6 is 11.6 Å². The molecule has 0 spiro atoms. The van der Waals surface area contributed by atoms with Crippen molar-refractivity contribution in [3.05, 3.63) is 59.1 Å². The van der Waals surface area contributed by atoms with Crippen molar-refractivity contribution in [3.63, 3.8) is 0 Å². The molecule has 0 aromatic heterocycles. The summed E-state index contributed by atoms with van der Waals surface area (Å²) in [4.78, 5) is 10.9. The van der Waals surface area contributed by atoms with Gasteiger partial charge in [0.25, 0.3) is 10.1 Å². The SMILES string of the molecule is O=C(O)c1cc2ccccc2c(N=Nc2ccc(S(=O)(=O)O)c(Cl)c2)c1O. The largest absolute Gasteiger partial charge is 0.505 e. The predicted molar refractivity (Wildman–Crippen MR) is 98.0 cm³/mol. The fourth-order valence-corrected chi connectivity index (χ4v) is 3.46. The summed E-state index contributed by atoms with van der Waals surface area (Å²) in [5.74, 6) is -1.87. The highest BCUT2D eigenvalue weighted by molar-refractivity contribution is 7.86. The predicted octanol–water partition coefficient (Wildman–Crippen LogP) is 4.56. The molecular formula is C17H11ClN2O6S. The Kier molecular flexibility index (Phi) is 4.83. The molecule has 8 nitrogen and oxygen atoms in total. The number of halogens is 1. The number of benzene rings is 3. The normalized spacial score (nSPS) is 11.9. The second kappa shape index (κ2) is 6.95. The average molecular weight is 407 g/mol. The van der Waals surface area contributed by atoms with Crippen LogP contribution in [0, 0.1) is 0 Å². The van der Waals surface area contributed by atoms with Crippen LogP contribution in [0.15, 0.2) is 63.7 Å². The van der Waals surface area contributed by atoms with Gasteiger partial charge in [-0.2, -0.15) is 13.5 Å². The van der Waals surface area contributed by atoms with E-state index in [0.29, 0.717) is 10.8 Å². The summed E-state index contributed by atoms with van der Waals surface area (Å²) in [5, 5.41) is 28.1. The molecule has 0 aliphatic heterocycles. The lowest BCUT2D eigenvalue weighted by molar-refractivity contribution is 0.0694. The first kappa shape index (κ1) is 18.8. The first-order valence-electron chi connectivity index (χ1n) is 7.35. The molecule has 10 heteroatoms. The van der Waals surface area contributed by atoms with Gasteiger partial charge in [-0.15, -0.1) is 5.11 Å². The van der Waals surface area contributed by atoms with Gasteiger partial charge in [-0.3, -0.25) is 4.55 Å². The number of carbonyl (C=O) groups is 1. The Balaban J connectivity index is 2.13. The lowest BCUT2D eigenvalue weighted by Gasteiger charge is -2.07. The Bertz CT molecular complexity index is 1210. The molecule has 0 atom stereocenters. The number of rotatable bonds is 4. The van der Waals surface area contributed by atoms with E-state index in [0.717, 1.165) is 12.1 Å². The Morgan fingerprint density at radius 3 is 2.37 bits per heavy atom. The number of phenols is 1. The third kappa shape index (κ3) is 3.75. The van der Waals surface area contributed by atoms with E-state index in [2.05, 4.69) is 10.2 Å². The van der Waals surface area contributed by atoms with E-state index in [1.54, 1.807) is 24.3 Å². The Labute approximate surface area is 158 Å². The summed E-state index contributed by atoms with van der Waals surface area (Å²) in [6, 6.07) is 11.5. The van der Waals surface area contributed by atoms with Crippen LogP contribution in [0.5, 0.6) is 5.75 Å². The van der Waals surface area contributed by atoms with E-state index < -0.39 is 26.7 Å². The maximum absolute atomic E-state index is 11.3. The van der Waals surface area contributed by atoms with Crippen LogP contribution in [0.25, 0.3) is 10.8 Å². The number of nitrogens with zero attached hydrogens (tertiary/aromatic N) is 2.